The van der Waals surface area contributed by atoms with E-state index < -0.39 is 0 Å². The number of hydrogen-bond acceptors (Lipinski definition) is 4. The second-order valence-electron chi connectivity index (χ2n) is 8.21. The zero-order valence-electron chi connectivity index (χ0n) is 18.9. The first-order chi connectivity index (χ1) is 16.3. The molecule has 7 heteroatoms. The number of aromatic nitrogens is 3. The highest BCUT2D eigenvalue weighted by Gasteiger charge is 2.18. The molecule has 0 spiro atoms. The normalized spacial score (nSPS) is 13.4. The third-order valence-electron chi connectivity index (χ3n) is 5.94. The molecule has 0 saturated carbocycles. The summed E-state index contributed by atoms with van der Waals surface area (Å²) in [6, 6.07) is 23.4. The first-order valence-electron chi connectivity index (χ1n) is 11.5. The van der Waals surface area contributed by atoms with E-state index in [0.717, 1.165) is 43.5 Å². The summed E-state index contributed by atoms with van der Waals surface area (Å²) in [6.07, 6.45) is 3.10. The number of anilines is 1. The lowest BCUT2D eigenvalue weighted by Crippen LogP contribution is -2.37. The molecule has 0 radical (unpaired) electrons. The van der Waals surface area contributed by atoms with Gasteiger partial charge in [0, 0.05) is 31.5 Å². The van der Waals surface area contributed by atoms with E-state index in [9.17, 15) is 0 Å². The summed E-state index contributed by atoms with van der Waals surface area (Å²) in [4.78, 5) is 7.21. The fourth-order valence-corrected chi connectivity index (χ4v) is 4.23. The maximum absolute atomic E-state index is 4.75. The number of fused-ring (bicyclic) bond motifs is 2. The van der Waals surface area contributed by atoms with E-state index in [4.69, 9.17) is 4.99 Å². The molecule has 0 aliphatic carbocycles. The predicted molar refractivity (Wildman–Crippen MR) is 132 cm³/mol. The average Bonchev–Trinajstić information content (AvgIpc) is 3.46. The number of rotatable bonds is 7. The Balaban J connectivity index is 1.20. The van der Waals surface area contributed by atoms with Crippen molar-refractivity contribution < 1.29 is 0 Å². The van der Waals surface area contributed by atoms with E-state index in [-0.39, 0.29) is 0 Å². The molecule has 1 aliphatic heterocycles. The van der Waals surface area contributed by atoms with Crippen LogP contribution < -0.4 is 15.5 Å². The van der Waals surface area contributed by atoms with Crippen LogP contribution in [0.1, 0.15) is 29.4 Å². The Morgan fingerprint density at radius 2 is 1.76 bits per heavy atom. The number of guanidine groups is 1. The van der Waals surface area contributed by atoms with E-state index in [1.165, 1.54) is 22.4 Å². The molecule has 3 heterocycles. The van der Waals surface area contributed by atoms with Gasteiger partial charge in [0.15, 0.2) is 17.4 Å². The summed E-state index contributed by atoms with van der Waals surface area (Å²) >= 11 is 0. The SMILES string of the molecule is CCNC(=NCc1ccc(CN2CCc3ccccc32)cc1)NCc1nnc2ccccn12. The van der Waals surface area contributed by atoms with Gasteiger partial charge in [-0.2, -0.15) is 0 Å². The van der Waals surface area contributed by atoms with Crippen LogP contribution in [0.5, 0.6) is 0 Å². The Labute approximate surface area is 194 Å². The first-order valence-corrected chi connectivity index (χ1v) is 11.5. The molecule has 2 N–H and O–H groups in total. The maximum Gasteiger partial charge on any atom is 0.191 e. The maximum atomic E-state index is 4.75. The van der Waals surface area contributed by atoms with Gasteiger partial charge in [0.05, 0.1) is 13.1 Å². The Morgan fingerprint density at radius 1 is 0.939 bits per heavy atom. The molecule has 0 atom stereocenters. The Kier molecular flexibility index (Phi) is 6.19. The Hall–Kier alpha value is -3.87. The molecule has 0 unspecified atom stereocenters. The molecule has 0 bridgehead atoms. The number of aliphatic imine (C=N–C) groups is 1. The smallest absolute Gasteiger partial charge is 0.191 e. The summed E-state index contributed by atoms with van der Waals surface area (Å²) in [5.41, 5.74) is 6.17. The van der Waals surface area contributed by atoms with Crippen LogP contribution in [0.3, 0.4) is 0 Å². The number of nitrogens with one attached hydrogen (secondary N) is 2. The molecule has 0 saturated heterocycles. The van der Waals surface area contributed by atoms with Crippen molar-refractivity contribution >= 4 is 17.3 Å². The van der Waals surface area contributed by atoms with Gasteiger partial charge in [0.1, 0.15) is 0 Å². The van der Waals surface area contributed by atoms with E-state index in [1.807, 2.05) is 28.8 Å². The first kappa shape index (κ1) is 21.0. The molecule has 168 valence electrons. The van der Waals surface area contributed by atoms with E-state index in [0.29, 0.717) is 13.1 Å². The highest BCUT2D eigenvalue weighted by Crippen LogP contribution is 2.28. The molecule has 33 heavy (non-hydrogen) atoms. The van der Waals surface area contributed by atoms with Crippen molar-refractivity contribution in [3.8, 4) is 0 Å². The fraction of sp³-hybridized carbons (Fsp3) is 0.269. The van der Waals surface area contributed by atoms with Crippen molar-refractivity contribution in [2.24, 2.45) is 4.99 Å². The topological polar surface area (TPSA) is 69.8 Å². The van der Waals surface area contributed by atoms with Crippen LogP contribution in [0.2, 0.25) is 0 Å². The minimum Gasteiger partial charge on any atom is -0.367 e. The summed E-state index contributed by atoms with van der Waals surface area (Å²) in [7, 11) is 0. The van der Waals surface area contributed by atoms with Gasteiger partial charge in [0.2, 0.25) is 0 Å². The lowest BCUT2D eigenvalue weighted by Gasteiger charge is -2.19. The number of benzene rings is 2. The fourth-order valence-electron chi connectivity index (χ4n) is 4.23. The van der Waals surface area contributed by atoms with E-state index in [1.54, 1.807) is 0 Å². The second kappa shape index (κ2) is 9.73. The van der Waals surface area contributed by atoms with Gasteiger partial charge in [-0.3, -0.25) is 4.40 Å². The lowest BCUT2D eigenvalue weighted by molar-refractivity contribution is 0.765. The average molecular weight is 440 g/mol. The monoisotopic (exact) mass is 439 g/mol. The highest BCUT2D eigenvalue weighted by atomic mass is 15.3. The van der Waals surface area contributed by atoms with Crippen molar-refractivity contribution in [3.63, 3.8) is 0 Å². The van der Waals surface area contributed by atoms with Gasteiger partial charge in [-0.25, -0.2) is 4.99 Å². The van der Waals surface area contributed by atoms with Crippen LogP contribution in [0.25, 0.3) is 5.65 Å². The van der Waals surface area contributed by atoms with Crippen LogP contribution >= 0.6 is 0 Å². The van der Waals surface area contributed by atoms with Crippen LogP contribution in [-0.4, -0.2) is 33.6 Å². The molecule has 2 aromatic carbocycles. The van der Waals surface area contributed by atoms with Crippen molar-refractivity contribution in [1.82, 2.24) is 25.2 Å². The Morgan fingerprint density at radius 3 is 2.64 bits per heavy atom. The summed E-state index contributed by atoms with van der Waals surface area (Å²) in [5.74, 6) is 1.62. The van der Waals surface area contributed by atoms with Crippen molar-refractivity contribution in [3.05, 3.63) is 95.4 Å². The minimum absolute atomic E-state index is 0.549. The Bertz CT molecular complexity index is 1240. The largest absolute Gasteiger partial charge is 0.367 e. The highest BCUT2D eigenvalue weighted by molar-refractivity contribution is 5.79. The standard InChI is InChI=1S/C26H29N7/c1-2-27-26(29-18-25-31-30-24-9-5-6-15-33(24)25)28-17-20-10-12-21(13-11-20)19-32-16-14-22-7-3-4-8-23(22)32/h3-13,15H,2,14,16-19H2,1H3,(H2,27,28,29). The van der Waals surface area contributed by atoms with Gasteiger partial charge >= 0.3 is 0 Å². The second-order valence-corrected chi connectivity index (χ2v) is 8.21. The van der Waals surface area contributed by atoms with Crippen molar-refractivity contribution in [2.75, 3.05) is 18.0 Å². The number of pyridine rings is 1. The quantitative estimate of drug-likeness (QED) is 0.340. The van der Waals surface area contributed by atoms with Crippen LogP contribution in [0.15, 0.2) is 77.9 Å². The van der Waals surface area contributed by atoms with Crippen LogP contribution in [0, 0.1) is 0 Å². The van der Waals surface area contributed by atoms with E-state index >= 15 is 0 Å². The molecule has 4 aromatic rings. The summed E-state index contributed by atoms with van der Waals surface area (Å²) in [6.45, 7) is 6.05. The van der Waals surface area contributed by atoms with Gasteiger partial charge in [-0.05, 0) is 48.2 Å². The van der Waals surface area contributed by atoms with Gasteiger partial charge in [-0.15, -0.1) is 10.2 Å². The molecule has 2 aromatic heterocycles. The number of para-hydroxylation sites is 1. The zero-order valence-corrected chi connectivity index (χ0v) is 18.9. The van der Waals surface area contributed by atoms with Gasteiger partial charge in [0.25, 0.3) is 0 Å². The van der Waals surface area contributed by atoms with E-state index in [2.05, 4.69) is 81.2 Å². The van der Waals surface area contributed by atoms with Gasteiger partial charge < -0.3 is 15.5 Å². The summed E-state index contributed by atoms with van der Waals surface area (Å²) < 4.78 is 1.98. The van der Waals surface area contributed by atoms with Crippen LogP contribution in [-0.2, 0) is 26.1 Å². The van der Waals surface area contributed by atoms with Crippen molar-refractivity contribution in [2.45, 2.75) is 33.0 Å². The van der Waals surface area contributed by atoms with Crippen molar-refractivity contribution in [1.29, 1.82) is 0 Å². The molecule has 7 nitrogen and oxygen atoms in total. The molecule has 1 aliphatic rings. The molecule has 0 amide bonds. The molecular weight excluding hydrogens is 410 g/mol. The molecule has 0 fully saturated rings. The number of nitrogens with zero attached hydrogens (tertiary/aromatic N) is 5. The summed E-state index contributed by atoms with van der Waals surface area (Å²) in [5, 5.41) is 15.1. The third-order valence-corrected chi connectivity index (χ3v) is 5.94. The third kappa shape index (κ3) is 4.82. The predicted octanol–water partition coefficient (Wildman–Crippen LogP) is 3.55. The van der Waals surface area contributed by atoms with Crippen LogP contribution in [0.4, 0.5) is 5.69 Å². The zero-order chi connectivity index (χ0) is 22.5. The van der Waals surface area contributed by atoms with Gasteiger partial charge in [-0.1, -0.05) is 48.5 Å². The molecular formula is C26H29N7. The lowest BCUT2D eigenvalue weighted by atomic mass is 10.1. The number of hydrogen-bond donors (Lipinski definition) is 2. The minimum atomic E-state index is 0.549. The molecule has 5 rings (SSSR count).